The number of furan rings is 1. The summed E-state index contributed by atoms with van der Waals surface area (Å²) in [5.74, 6) is 0. The van der Waals surface area contributed by atoms with Crippen LogP contribution in [0.4, 0.5) is 0 Å². The molecule has 0 radical (unpaired) electrons. The second-order valence-corrected chi connectivity index (χ2v) is 11.7. The van der Waals surface area contributed by atoms with Gasteiger partial charge < -0.3 is 8.98 Å². The highest BCUT2D eigenvalue weighted by atomic mass is 16.3. The Morgan fingerprint density at radius 2 is 1.09 bits per heavy atom. The molecule has 2 heterocycles. The molecule has 8 aromatic carbocycles. The van der Waals surface area contributed by atoms with Crippen molar-refractivity contribution in [2.45, 2.75) is 0 Å². The summed E-state index contributed by atoms with van der Waals surface area (Å²) in [7, 11) is 0. The maximum Gasteiger partial charge on any atom is 0.160 e. The molecule has 204 valence electrons. The predicted octanol–water partition coefficient (Wildman–Crippen LogP) is 11.8. The second-order valence-electron chi connectivity index (χ2n) is 11.7. The van der Waals surface area contributed by atoms with E-state index >= 15 is 0 Å². The van der Waals surface area contributed by atoms with E-state index in [-0.39, 0.29) is 0 Å². The van der Waals surface area contributed by atoms with Crippen molar-refractivity contribution in [2.24, 2.45) is 0 Å². The average molecular weight is 560 g/mol. The lowest BCUT2D eigenvalue weighted by molar-refractivity contribution is 0.671. The highest BCUT2D eigenvalue weighted by Crippen LogP contribution is 2.46. The van der Waals surface area contributed by atoms with Crippen molar-refractivity contribution in [3.05, 3.63) is 152 Å². The van der Waals surface area contributed by atoms with Crippen molar-refractivity contribution in [1.29, 1.82) is 0 Å². The minimum atomic E-state index is 0.909. The zero-order valence-electron chi connectivity index (χ0n) is 23.8. The minimum Gasteiger partial charge on any atom is -0.454 e. The minimum absolute atomic E-state index is 0.909. The Balaban J connectivity index is 1.47. The molecule has 10 rings (SSSR count). The number of hydrogen-bond donors (Lipinski definition) is 0. The van der Waals surface area contributed by atoms with Gasteiger partial charge in [-0.2, -0.15) is 0 Å². The molecule has 0 N–H and O–H groups in total. The quantitative estimate of drug-likeness (QED) is 0.193. The topological polar surface area (TPSA) is 18.1 Å². The SMILES string of the molecule is c1ccc(-c2cc(-n3c4ccccc4c4c5ccccc5c5c6ccccc6oc5c43)cc3c2ccc2ccccc23)cc1. The maximum absolute atomic E-state index is 6.82. The smallest absolute Gasteiger partial charge is 0.160 e. The first kappa shape index (κ1) is 23.7. The molecule has 0 amide bonds. The second kappa shape index (κ2) is 8.82. The summed E-state index contributed by atoms with van der Waals surface area (Å²) in [6, 6.07) is 54.7. The number of nitrogens with zero attached hydrogens (tertiary/aromatic N) is 1. The van der Waals surface area contributed by atoms with Gasteiger partial charge in [0.15, 0.2) is 5.58 Å². The zero-order valence-corrected chi connectivity index (χ0v) is 23.8. The van der Waals surface area contributed by atoms with Gasteiger partial charge in [-0.15, -0.1) is 0 Å². The zero-order chi connectivity index (χ0) is 28.8. The van der Waals surface area contributed by atoms with Crippen molar-refractivity contribution < 1.29 is 4.42 Å². The van der Waals surface area contributed by atoms with Crippen molar-refractivity contribution in [2.75, 3.05) is 0 Å². The van der Waals surface area contributed by atoms with Gasteiger partial charge in [-0.1, -0.05) is 127 Å². The molecule has 0 saturated carbocycles. The molecular formula is C42H25NO. The van der Waals surface area contributed by atoms with E-state index in [4.69, 9.17) is 4.42 Å². The van der Waals surface area contributed by atoms with E-state index in [0.29, 0.717) is 0 Å². The predicted molar refractivity (Wildman–Crippen MR) is 186 cm³/mol. The van der Waals surface area contributed by atoms with Gasteiger partial charge >= 0.3 is 0 Å². The number of para-hydroxylation sites is 2. The fraction of sp³-hybridized carbons (Fsp3) is 0. The van der Waals surface area contributed by atoms with Crippen LogP contribution >= 0.6 is 0 Å². The van der Waals surface area contributed by atoms with E-state index in [1.807, 2.05) is 0 Å². The molecule has 44 heavy (non-hydrogen) atoms. The highest BCUT2D eigenvalue weighted by molar-refractivity contribution is 6.35. The molecule has 2 heteroatoms. The van der Waals surface area contributed by atoms with Crippen LogP contribution in [0.25, 0.3) is 92.9 Å². The monoisotopic (exact) mass is 559 g/mol. The third-order valence-corrected chi connectivity index (χ3v) is 9.34. The van der Waals surface area contributed by atoms with Gasteiger partial charge in [-0.3, -0.25) is 0 Å². The van der Waals surface area contributed by atoms with Gasteiger partial charge in [-0.05, 0) is 67.7 Å². The maximum atomic E-state index is 6.82. The fourth-order valence-corrected chi connectivity index (χ4v) is 7.48. The van der Waals surface area contributed by atoms with Crippen LogP contribution in [-0.2, 0) is 0 Å². The van der Waals surface area contributed by atoms with E-state index in [9.17, 15) is 0 Å². The number of hydrogen-bond acceptors (Lipinski definition) is 1. The summed E-state index contributed by atoms with van der Waals surface area (Å²) in [6.07, 6.45) is 0. The first-order valence-electron chi connectivity index (χ1n) is 15.1. The molecule has 0 bridgehead atoms. The van der Waals surface area contributed by atoms with Crippen LogP contribution in [-0.4, -0.2) is 4.57 Å². The summed E-state index contributed by atoms with van der Waals surface area (Å²) in [4.78, 5) is 0. The average Bonchev–Trinajstić information content (AvgIpc) is 3.65. The van der Waals surface area contributed by atoms with Crippen LogP contribution in [0.15, 0.2) is 156 Å². The lowest BCUT2D eigenvalue weighted by Gasteiger charge is -2.16. The van der Waals surface area contributed by atoms with Crippen LogP contribution in [0.2, 0.25) is 0 Å². The number of benzene rings is 8. The van der Waals surface area contributed by atoms with Gasteiger partial charge in [0.25, 0.3) is 0 Å². The molecule has 10 aromatic rings. The number of rotatable bonds is 2. The standard InChI is InChI=1S/C42H25NO/c1-2-12-26(13-3-1)35-24-28(25-36-29-15-5-4-14-27(29)22-23-30(35)36)43-37-20-10-8-18-33(37)39-31-16-6-7-17-32(31)40-34-19-9-11-21-38(34)44-42(40)41(39)43/h1-25H. The molecule has 0 saturated heterocycles. The fourth-order valence-electron chi connectivity index (χ4n) is 7.48. The van der Waals surface area contributed by atoms with Gasteiger partial charge in [0.1, 0.15) is 5.58 Å². The normalized spacial score (nSPS) is 12.1. The van der Waals surface area contributed by atoms with E-state index in [1.54, 1.807) is 0 Å². The Morgan fingerprint density at radius 3 is 1.93 bits per heavy atom. The van der Waals surface area contributed by atoms with E-state index in [2.05, 4.69) is 156 Å². The summed E-state index contributed by atoms with van der Waals surface area (Å²) < 4.78 is 9.26. The summed E-state index contributed by atoms with van der Waals surface area (Å²) in [6.45, 7) is 0. The van der Waals surface area contributed by atoms with E-state index in [0.717, 1.165) is 27.8 Å². The first-order chi connectivity index (χ1) is 21.8. The Labute approximate surface area is 253 Å². The van der Waals surface area contributed by atoms with E-state index < -0.39 is 0 Å². The van der Waals surface area contributed by atoms with Crippen molar-refractivity contribution in [1.82, 2.24) is 4.57 Å². The van der Waals surface area contributed by atoms with Crippen molar-refractivity contribution in [3.63, 3.8) is 0 Å². The van der Waals surface area contributed by atoms with Gasteiger partial charge in [0.05, 0.1) is 11.0 Å². The van der Waals surface area contributed by atoms with Crippen LogP contribution in [0.1, 0.15) is 0 Å². The highest BCUT2D eigenvalue weighted by Gasteiger charge is 2.23. The summed E-state index contributed by atoms with van der Waals surface area (Å²) in [5.41, 5.74) is 7.65. The van der Waals surface area contributed by atoms with Crippen LogP contribution < -0.4 is 0 Å². The molecule has 0 unspecified atom stereocenters. The third-order valence-electron chi connectivity index (χ3n) is 9.34. The van der Waals surface area contributed by atoms with E-state index in [1.165, 1.54) is 65.1 Å². The Bertz CT molecular complexity index is 2760. The number of aromatic nitrogens is 1. The van der Waals surface area contributed by atoms with Crippen LogP contribution in [0, 0.1) is 0 Å². The molecule has 0 atom stereocenters. The van der Waals surface area contributed by atoms with Crippen molar-refractivity contribution >= 4 is 76.1 Å². The van der Waals surface area contributed by atoms with Gasteiger partial charge in [-0.25, -0.2) is 0 Å². The lowest BCUT2D eigenvalue weighted by Crippen LogP contribution is -1.96. The molecule has 0 aliphatic heterocycles. The first-order valence-corrected chi connectivity index (χ1v) is 15.1. The molecule has 0 aliphatic rings. The Hall–Kier alpha value is -5.86. The summed E-state index contributed by atoms with van der Waals surface area (Å²) in [5, 5.41) is 12.2. The van der Waals surface area contributed by atoms with Gasteiger partial charge in [0.2, 0.25) is 0 Å². The molecule has 0 aliphatic carbocycles. The molecule has 2 nitrogen and oxygen atoms in total. The van der Waals surface area contributed by atoms with Crippen LogP contribution in [0.3, 0.4) is 0 Å². The molecular weight excluding hydrogens is 534 g/mol. The molecule has 2 aromatic heterocycles. The lowest BCUT2D eigenvalue weighted by atomic mass is 9.94. The molecule has 0 spiro atoms. The largest absolute Gasteiger partial charge is 0.454 e. The molecule has 0 fully saturated rings. The van der Waals surface area contributed by atoms with Crippen molar-refractivity contribution in [3.8, 4) is 16.8 Å². The van der Waals surface area contributed by atoms with Crippen LogP contribution in [0.5, 0.6) is 0 Å². The van der Waals surface area contributed by atoms with Gasteiger partial charge in [0, 0.05) is 27.2 Å². The third kappa shape index (κ3) is 3.14. The number of fused-ring (bicyclic) bond motifs is 13. The summed E-state index contributed by atoms with van der Waals surface area (Å²) >= 11 is 0. The Kier molecular flexibility index (Phi) is 4.75. The Morgan fingerprint density at radius 1 is 0.432 bits per heavy atom.